The minimum absolute atomic E-state index is 0.164. The third kappa shape index (κ3) is 3.00. The molecule has 0 radical (unpaired) electrons. The van der Waals surface area contributed by atoms with E-state index >= 15 is 0 Å². The summed E-state index contributed by atoms with van der Waals surface area (Å²) >= 11 is 11.7. The number of anilines is 2. The van der Waals surface area contributed by atoms with E-state index in [-0.39, 0.29) is 5.91 Å². The molecule has 98 valence electrons. The van der Waals surface area contributed by atoms with Crippen LogP contribution in [0.5, 0.6) is 0 Å². The number of amides is 1. The Bertz CT molecular complexity index is 611. The first-order valence-electron chi connectivity index (χ1n) is 5.57. The second-order valence-electron chi connectivity index (χ2n) is 4.08. The van der Waals surface area contributed by atoms with Crippen molar-refractivity contribution in [2.45, 2.75) is 0 Å². The molecule has 2 rings (SSSR count). The predicted molar refractivity (Wildman–Crippen MR) is 80.0 cm³/mol. The largest absolute Gasteiger partial charge is 0.399 e. The van der Waals surface area contributed by atoms with Crippen LogP contribution in [0.4, 0.5) is 11.4 Å². The molecule has 0 bridgehead atoms. The van der Waals surface area contributed by atoms with Crippen molar-refractivity contribution in [3.63, 3.8) is 0 Å². The minimum Gasteiger partial charge on any atom is -0.399 e. The number of rotatable bonds is 2. The summed E-state index contributed by atoms with van der Waals surface area (Å²) in [5.41, 5.74) is 7.50. The molecule has 0 saturated heterocycles. The Hall–Kier alpha value is -1.71. The summed E-state index contributed by atoms with van der Waals surface area (Å²) in [6.07, 6.45) is 0. The van der Waals surface area contributed by atoms with Crippen LogP contribution in [-0.2, 0) is 0 Å². The summed E-state index contributed by atoms with van der Waals surface area (Å²) < 4.78 is 0. The zero-order valence-corrected chi connectivity index (χ0v) is 11.7. The molecule has 1 amide bonds. The van der Waals surface area contributed by atoms with Crippen molar-refractivity contribution in [3.05, 3.63) is 58.1 Å². The van der Waals surface area contributed by atoms with E-state index in [1.807, 2.05) is 0 Å². The highest BCUT2D eigenvalue weighted by atomic mass is 35.5. The Labute approximate surface area is 121 Å². The maximum Gasteiger partial charge on any atom is 0.258 e. The standard InChI is InChI=1S/C14H12Cl2N2O/c1-18(11-5-3-10(17)4-6-11)14(19)9-2-7-12(15)13(16)8-9/h2-8H,17H2,1H3. The average molecular weight is 295 g/mol. The fourth-order valence-corrected chi connectivity index (χ4v) is 1.94. The summed E-state index contributed by atoms with van der Waals surface area (Å²) in [5, 5.41) is 0.784. The first kappa shape index (κ1) is 13.7. The van der Waals surface area contributed by atoms with Gasteiger partial charge in [-0.2, -0.15) is 0 Å². The topological polar surface area (TPSA) is 46.3 Å². The van der Waals surface area contributed by atoms with Gasteiger partial charge in [-0.05, 0) is 42.5 Å². The lowest BCUT2D eigenvalue weighted by Gasteiger charge is -2.17. The van der Waals surface area contributed by atoms with E-state index in [0.29, 0.717) is 21.3 Å². The van der Waals surface area contributed by atoms with Gasteiger partial charge in [-0.15, -0.1) is 0 Å². The van der Waals surface area contributed by atoms with Gasteiger partial charge in [0.2, 0.25) is 0 Å². The molecule has 5 heteroatoms. The van der Waals surface area contributed by atoms with Crippen LogP contribution in [-0.4, -0.2) is 13.0 Å². The van der Waals surface area contributed by atoms with Crippen LogP contribution in [0.25, 0.3) is 0 Å². The van der Waals surface area contributed by atoms with Crippen LogP contribution in [0.2, 0.25) is 10.0 Å². The molecule has 19 heavy (non-hydrogen) atoms. The van der Waals surface area contributed by atoms with Gasteiger partial charge in [-0.1, -0.05) is 23.2 Å². The molecule has 2 aromatic rings. The van der Waals surface area contributed by atoms with E-state index in [1.54, 1.807) is 49.5 Å². The Morgan fingerprint density at radius 3 is 2.26 bits per heavy atom. The van der Waals surface area contributed by atoms with Gasteiger partial charge in [0, 0.05) is 24.0 Å². The lowest BCUT2D eigenvalue weighted by Crippen LogP contribution is -2.26. The van der Waals surface area contributed by atoms with E-state index < -0.39 is 0 Å². The fraction of sp³-hybridized carbons (Fsp3) is 0.0714. The van der Waals surface area contributed by atoms with Crippen molar-refractivity contribution < 1.29 is 4.79 Å². The SMILES string of the molecule is CN(C(=O)c1ccc(Cl)c(Cl)c1)c1ccc(N)cc1. The van der Waals surface area contributed by atoms with Gasteiger partial charge in [0.05, 0.1) is 10.0 Å². The van der Waals surface area contributed by atoms with Gasteiger partial charge in [0.1, 0.15) is 0 Å². The molecule has 0 heterocycles. The van der Waals surface area contributed by atoms with E-state index in [4.69, 9.17) is 28.9 Å². The normalized spacial score (nSPS) is 10.3. The van der Waals surface area contributed by atoms with Gasteiger partial charge >= 0.3 is 0 Å². The van der Waals surface area contributed by atoms with Gasteiger partial charge < -0.3 is 10.6 Å². The quantitative estimate of drug-likeness (QED) is 0.855. The average Bonchev–Trinajstić information content (AvgIpc) is 2.41. The minimum atomic E-state index is -0.164. The van der Waals surface area contributed by atoms with Crippen LogP contribution >= 0.6 is 23.2 Å². The zero-order valence-electron chi connectivity index (χ0n) is 10.2. The number of nitrogens with two attached hydrogens (primary N) is 1. The van der Waals surface area contributed by atoms with Gasteiger partial charge in [-0.3, -0.25) is 4.79 Å². The molecule has 2 N–H and O–H groups in total. The molecule has 0 aliphatic rings. The number of carbonyl (C=O) groups is 1. The Morgan fingerprint density at radius 2 is 1.68 bits per heavy atom. The maximum atomic E-state index is 12.3. The molecule has 3 nitrogen and oxygen atoms in total. The first-order valence-corrected chi connectivity index (χ1v) is 6.33. The second-order valence-corrected chi connectivity index (χ2v) is 4.90. The molecule has 0 atom stereocenters. The fourth-order valence-electron chi connectivity index (χ4n) is 1.64. The highest BCUT2D eigenvalue weighted by Gasteiger charge is 2.14. The Kier molecular flexibility index (Phi) is 3.98. The third-order valence-corrected chi connectivity index (χ3v) is 3.49. The van der Waals surface area contributed by atoms with Crippen molar-refractivity contribution in [2.75, 3.05) is 17.7 Å². The van der Waals surface area contributed by atoms with Gasteiger partial charge in [0.15, 0.2) is 0 Å². The lowest BCUT2D eigenvalue weighted by molar-refractivity contribution is 0.0993. The molecular formula is C14H12Cl2N2O. The van der Waals surface area contributed by atoms with Crippen molar-refractivity contribution in [3.8, 4) is 0 Å². The molecule has 0 aromatic heterocycles. The molecule has 2 aromatic carbocycles. The third-order valence-electron chi connectivity index (χ3n) is 2.75. The molecular weight excluding hydrogens is 283 g/mol. The highest BCUT2D eigenvalue weighted by molar-refractivity contribution is 6.42. The smallest absolute Gasteiger partial charge is 0.258 e. The molecule has 0 saturated carbocycles. The Morgan fingerprint density at radius 1 is 1.05 bits per heavy atom. The zero-order chi connectivity index (χ0) is 14.0. The van der Waals surface area contributed by atoms with E-state index in [9.17, 15) is 4.79 Å². The van der Waals surface area contributed by atoms with E-state index in [1.165, 1.54) is 4.90 Å². The molecule has 0 unspecified atom stereocenters. The summed E-state index contributed by atoms with van der Waals surface area (Å²) in [6, 6.07) is 11.9. The molecule has 0 aliphatic heterocycles. The summed E-state index contributed by atoms with van der Waals surface area (Å²) in [6.45, 7) is 0. The maximum absolute atomic E-state index is 12.3. The van der Waals surface area contributed by atoms with Crippen LogP contribution in [0.3, 0.4) is 0 Å². The summed E-state index contributed by atoms with van der Waals surface area (Å²) in [5.74, 6) is -0.164. The van der Waals surface area contributed by atoms with E-state index in [2.05, 4.69) is 0 Å². The number of hydrogen-bond acceptors (Lipinski definition) is 2. The predicted octanol–water partition coefficient (Wildman–Crippen LogP) is 3.85. The molecule has 0 fully saturated rings. The molecule has 0 aliphatic carbocycles. The number of benzene rings is 2. The van der Waals surface area contributed by atoms with Crippen LogP contribution in [0.1, 0.15) is 10.4 Å². The Balaban J connectivity index is 2.28. The number of halogens is 2. The van der Waals surface area contributed by atoms with Crippen LogP contribution in [0, 0.1) is 0 Å². The van der Waals surface area contributed by atoms with Crippen LogP contribution < -0.4 is 10.6 Å². The first-order chi connectivity index (χ1) is 8.99. The van der Waals surface area contributed by atoms with Crippen LogP contribution in [0.15, 0.2) is 42.5 Å². The van der Waals surface area contributed by atoms with E-state index in [0.717, 1.165) is 5.69 Å². The number of nitrogens with zero attached hydrogens (tertiary/aromatic N) is 1. The summed E-state index contributed by atoms with van der Waals surface area (Å²) in [4.78, 5) is 13.8. The number of carbonyl (C=O) groups excluding carboxylic acids is 1. The number of hydrogen-bond donors (Lipinski definition) is 1. The van der Waals surface area contributed by atoms with Gasteiger partial charge in [-0.25, -0.2) is 0 Å². The highest BCUT2D eigenvalue weighted by Crippen LogP contribution is 2.24. The van der Waals surface area contributed by atoms with Crippen molar-refractivity contribution in [1.29, 1.82) is 0 Å². The molecule has 0 spiro atoms. The monoisotopic (exact) mass is 294 g/mol. The summed E-state index contributed by atoms with van der Waals surface area (Å²) in [7, 11) is 1.69. The second kappa shape index (κ2) is 5.51. The van der Waals surface area contributed by atoms with Gasteiger partial charge in [0.25, 0.3) is 5.91 Å². The lowest BCUT2D eigenvalue weighted by atomic mass is 10.2. The van der Waals surface area contributed by atoms with Crippen molar-refractivity contribution in [2.24, 2.45) is 0 Å². The van der Waals surface area contributed by atoms with Crippen molar-refractivity contribution in [1.82, 2.24) is 0 Å². The number of nitrogen functional groups attached to an aromatic ring is 1. The van der Waals surface area contributed by atoms with Crippen molar-refractivity contribution >= 4 is 40.5 Å².